The monoisotopic (exact) mass is 354 g/mol. The zero-order valence-corrected chi connectivity index (χ0v) is 16.9. The maximum atomic E-state index is 12.7. The Morgan fingerprint density at radius 1 is 0.958 bits per heavy atom. The number of sulfone groups is 1. The normalized spacial score (nSPS) is 38.7. The molecule has 1 saturated heterocycles. The molecule has 0 aromatic heterocycles. The second-order valence-electron chi connectivity index (χ2n) is 9.14. The van der Waals surface area contributed by atoms with Gasteiger partial charge in [-0.15, -0.1) is 0 Å². The van der Waals surface area contributed by atoms with Crippen molar-refractivity contribution in [2.24, 2.45) is 23.7 Å². The van der Waals surface area contributed by atoms with Crippen LogP contribution in [0.4, 0.5) is 0 Å². The van der Waals surface area contributed by atoms with Crippen LogP contribution in [0.2, 0.25) is 0 Å². The van der Waals surface area contributed by atoms with Crippen LogP contribution in [0.15, 0.2) is 0 Å². The molecule has 0 radical (unpaired) electrons. The molecule has 0 aromatic carbocycles. The van der Waals surface area contributed by atoms with Gasteiger partial charge in [0.2, 0.25) is 0 Å². The van der Waals surface area contributed by atoms with Gasteiger partial charge in [-0.2, -0.15) is 0 Å². The zero-order chi connectivity index (χ0) is 17.4. The van der Waals surface area contributed by atoms with E-state index in [1.165, 1.54) is 64.2 Å². The molecule has 3 rings (SSSR count). The van der Waals surface area contributed by atoms with Crippen LogP contribution in [0.25, 0.3) is 0 Å². The third-order valence-electron chi connectivity index (χ3n) is 7.44. The first-order chi connectivity index (χ1) is 11.5. The molecule has 3 heteroatoms. The smallest absolute Gasteiger partial charge is 0.159 e. The first kappa shape index (κ1) is 18.7. The minimum absolute atomic E-state index is 0.0417. The van der Waals surface area contributed by atoms with Crippen molar-refractivity contribution in [3.05, 3.63) is 0 Å². The van der Waals surface area contributed by atoms with Crippen molar-refractivity contribution < 1.29 is 8.42 Å². The number of hydrogen-bond acceptors (Lipinski definition) is 2. The fourth-order valence-corrected chi connectivity index (χ4v) is 8.52. The standard InChI is InChI=1S/C21H38O2S/c1-4-6-8-10-12-16(13-11-9-7-5-2)20-17-14-19(17)24(22,23)21(3)15-18(20)21/h16-20H,4-15H2,1-3H3. The van der Waals surface area contributed by atoms with Gasteiger partial charge < -0.3 is 0 Å². The van der Waals surface area contributed by atoms with E-state index in [9.17, 15) is 8.42 Å². The Balaban J connectivity index is 1.62. The molecule has 1 heterocycles. The molecule has 2 nitrogen and oxygen atoms in total. The summed E-state index contributed by atoms with van der Waals surface area (Å²) < 4.78 is 25.0. The van der Waals surface area contributed by atoms with Gasteiger partial charge in [-0.3, -0.25) is 0 Å². The van der Waals surface area contributed by atoms with Gasteiger partial charge in [0.1, 0.15) is 0 Å². The highest BCUT2D eigenvalue weighted by atomic mass is 32.2. The van der Waals surface area contributed by atoms with E-state index in [0.717, 1.165) is 24.7 Å². The molecule has 0 N–H and O–H groups in total. The van der Waals surface area contributed by atoms with Crippen molar-refractivity contribution >= 4 is 9.84 Å². The fourth-order valence-electron chi connectivity index (χ4n) is 5.72. The summed E-state index contributed by atoms with van der Waals surface area (Å²) in [6, 6.07) is 0. The van der Waals surface area contributed by atoms with Crippen LogP contribution in [0.1, 0.15) is 97.8 Å². The molecule has 2 saturated carbocycles. The maximum Gasteiger partial charge on any atom is 0.159 e. The molecular weight excluding hydrogens is 316 g/mol. The molecule has 24 heavy (non-hydrogen) atoms. The number of fused-ring (bicyclic) bond motifs is 2. The SMILES string of the molecule is CCCCCCC(CCCCCC)C1C2CC2S(=O)(=O)C2(C)CC12. The minimum Gasteiger partial charge on any atom is -0.228 e. The van der Waals surface area contributed by atoms with Gasteiger partial charge in [-0.1, -0.05) is 78.1 Å². The van der Waals surface area contributed by atoms with E-state index in [-0.39, 0.29) is 10.00 Å². The minimum atomic E-state index is -2.82. The molecule has 0 bridgehead atoms. The van der Waals surface area contributed by atoms with E-state index >= 15 is 0 Å². The Labute approximate surface area is 150 Å². The third-order valence-corrected chi connectivity index (χ3v) is 10.5. The third kappa shape index (κ3) is 3.31. The Hall–Kier alpha value is -0.0500. The van der Waals surface area contributed by atoms with Gasteiger partial charge in [0, 0.05) is 0 Å². The van der Waals surface area contributed by atoms with Crippen LogP contribution in [0, 0.1) is 23.7 Å². The fraction of sp³-hybridized carbons (Fsp3) is 1.00. The molecular formula is C21H38O2S. The van der Waals surface area contributed by atoms with Gasteiger partial charge in [0.05, 0.1) is 10.00 Å². The molecule has 140 valence electrons. The van der Waals surface area contributed by atoms with Crippen molar-refractivity contribution in [1.29, 1.82) is 0 Å². The highest BCUT2D eigenvalue weighted by molar-refractivity contribution is 7.94. The molecule has 0 aromatic rings. The van der Waals surface area contributed by atoms with E-state index in [1.54, 1.807) is 0 Å². The van der Waals surface area contributed by atoms with Crippen LogP contribution in [-0.4, -0.2) is 18.4 Å². The zero-order valence-electron chi connectivity index (χ0n) is 16.1. The van der Waals surface area contributed by atoms with Crippen LogP contribution < -0.4 is 0 Å². The van der Waals surface area contributed by atoms with Crippen molar-refractivity contribution in [3.8, 4) is 0 Å². The lowest BCUT2D eigenvalue weighted by atomic mass is 9.77. The van der Waals surface area contributed by atoms with Crippen molar-refractivity contribution in [3.63, 3.8) is 0 Å². The molecule has 1 aliphatic heterocycles. The Morgan fingerprint density at radius 2 is 1.54 bits per heavy atom. The number of hydrogen-bond donors (Lipinski definition) is 0. The second-order valence-corrected chi connectivity index (χ2v) is 11.8. The first-order valence-corrected chi connectivity index (χ1v) is 12.3. The topological polar surface area (TPSA) is 34.1 Å². The number of rotatable bonds is 11. The summed E-state index contributed by atoms with van der Waals surface area (Å²) in [5, 5.41) is 0.0417. The Kier molecular flexibility index (Phi) is 5.69. The molecule has 5 atom stereocenters. The lowest BCUT2D eigenvalue weighted by Gasteiger charge is -2.33. The summed E-state index contributed by atoms with van der Waals surface area (Å²) in [5.41, 5.74) is 0. The van der Waals surface area contributed by atoms with E-state index in [4.69, 9.17) is 0 Å². The second kappa shape index (κ2) is 7.29. The lowest BCUT2D eigenvalue weighted by Crippen LogP contribution is -2.37. The average molecular weight is 355 g/mol. The van der Waals surface area contributed by atoms with Gasteiger partial charge in [-0.25, -0.2) is 8.42 Å². The van der Waals surface area contributed by atoms with Gasteiger partial charge >= 0.3 is 0 Å². The molecule has 3 aliphatic rings. The Bertz CT molecular complexity index is 514. The molecule has 2 aliphatic carbocycles. The highest BCUT2D eigenvalue weighted by Gasteiger charge is 2.75. The molecule has 3 fully saturated rings. The summed E-state index contributed by atoms with van der Waals surface area (Å²) in [7, 11) is -2.82. The summed E-state index contributed by atoms with van der Waals surface area (Å²) in [5.74, 6) is 2.55. The quantitative estimate of drug-likeness (QED) is 0.442. The van der Waals surface area contributed by atoms with Gasteiger partial charge in [0.25, 0.3) is 0 Å². The summed E-state index contributed by atoms with van der Waals surface area (Å²) in [4.78, 5) is 0. The van der Waals surface area contributed by atoms with E-state index < -0.39 is 9.84 Å². The number of unbranched alkanes of at least 4 members (excludes halogenated alkanes) is 6. The van der Waals surface area contributed by atoms with E-state index in [2.05, 4.69) is 20.8 Å². The maximum absolute atomic E-state index is 12.7. The van der Waals surface area contributed by atoms with Crippen LogP contribution in [-0.2, 0) is 9.84 Å². The van der Waals surface area contributed by atoms with Crippen LogP contribution in [0.5, 0.6) is 0 Å². The molecule has 5 unspecified atom stereocenters. The largest absolute Gasteiger partial charge is 0.228 e. The first-order valence-electron chi connectivity index (χ1n) is 10.7. The van der Waals surface area contributed by atoms with Gasteiger partial charge in [0.15, 0.2) is 9.84 Å². The lowest BCUT2D eigenvalue weighted by molar-refractivity contribution is 0.211. The van der Waals surface area contributed by atoms with E-state index in [0.29, 0.717) is 11.8 Å². The van der Waals surface area contributed by atoms with E-state index in [1.807, 2.05) is 0 Å². The summed E-state index contributed by atoms with van der Waals surface area (Å²) >= 11 is 0. The van der Waals surface area contributed by atoms with Crippen LogP contribution in [0.3, 0.4) is 0 Å². The van der Waals surface area contributed by atoms with Crippen molar-refractivity contribution in [2.75, 3.05) is 0 Å². The summed E-state index contributed by atoms with van der Waals surface area (Å²) in [6.07, 6.45) is 15.4. The summed E-state index contributed by atoms with van der Waals surface area (Å²) in [6.45, 7) is 6.61. The predicted octanol–water partition coefficient (Wildman–Crippen LogP) is 5.76. The van der Waals surface area contributed by atoms with Crippen molar-refractivity contribution in [1.82, 2.24) is 0 Å². The predicted molar refractivity (Wildman–Crippen MR) is 102 cm³/mol. The van der Waals surface area contributed by atoms with Gasteiger partial charge in [-0.05, 0) is 43.4 Å². The Morgan fingerprint density at radius 3 is 2.08 bits per heavy atom. The average Bonchev–Trinajstić information content (AvgIpc) is 3.44. The van der Waals surface area contributed by atoms with Crippen molar-refractivity contribution in [2.45, 2.75) is 108 Å². The molecule has 0 spiro atoms. The van der Waals surface area contributed by atoms with Crippen LogP contribution >= 0.6 is 0 Å². The molecule has 0 amide bonds. The highest BCUT2D eigenvalue weighted by Crippen LogP contribution is 2.70.